The molecule has 0 saturated carbocycles. The van der Waals surface area contributed by atoms with Gasteiger partial charge in [0.25, 0.3) is 0 Å². The van der Waals surface area contributed by atoms with Crippen LogP contribution in [0.1, 0.15) is 6.92 Å². The first kappa shape index (κ1) is 16.6. The van der Waals surface area contributed by atoms with Crippen LogP contribution < -0.4 is 15.0 Å². The van der Waals surface area contributed by atoms with E-state index in [1.165, 1.54) is 0 Å². The molecule has 1 aromatic carbocycles. The number of urea groups is 1. The first-order chi connectivity index (χ1) is 11.7. The molecule has 1 fully saturated rings. The van der Waals surface area contributed by atoms with Crippen LogP contribution in [0.15, 0.2) is 30.9 Å². The highest BCUT2D eigenvalue weighted by molar-refractivity contribution is 7.22. The van der Waals surface area contributed by atoms with E-state index in [2.05, 4.69) is 22.9 Å². The van der Waals surface area contributed by atoms with Crippen molar-refractivity contribution in [2.45, 2.75) is 6.92 Å². The monoisotopic (exact) mass is 346 g/mol. The van der Waals surface area contributed by atoms with Crippen LogP contribution in [0.5, 0.6) is 5.75 Å². The van der Waals surface area contributed by atoms with Crippen molar-refractivity contribution in [1.82, 2.24) is 15.2 Å². The minimum atomic E-state index is -0.0301. The molecule has 2 heterocycles. The molecule has 0 radical (unpaired) electrons. The number of hydrogen-bond acceptors (Lipinski definition) is 5. The summed E-state index contributed by atoms with van der Waals surface area (Å²) >= 11 is 1.67. The molecule has 0 spiro atoms. The van der Waals surface area contributed by atoms with E-state index in [4.69, 9.17) is 9.72 Å². The zero-order valence-electron chi connectivity index (χ0n) is 13.8. The summed E-state index contributed by atoms with van der Waals surface area (Å²) in [5.41, 5.74) is 0.922. The Morgan fingerprint density at radius 2 is 2.21 bits per heavy atom. The van der Waals surface area contributed by atoms with Crippen LogP contribution in [0.3, 0.4) is 0 Å². The van der Waals surface area contributed by atoms with E-state index in [1.54, 1.807) is 17.4 Å². The maximum absolute atomic E-state index is 12.0. The van der Waals surface area contributed by atoms with Crippen LogP contribution in [0, 0.1) is 0 Å². The number of anilines is 1. The van der Waals surface area contributed by atoms with Gasteiger partial charge in [-0.25, -0.2) is 9.78 Å². The van der Waals surface area contributed by atoms with Gasteiger partial charge in [0.2, 0.25) is 0 Å². The van der Waals surface area contributed by atoms with E-state index in [-0.39, 0.29) is 6.03 Å². The standard InChI is InChI=1S/C17H22N4O2S/c1-3-8-18-16(22)20-9-11-21(12-10-20)17-19-15-13(23-4-2)6-5-7-14(15)24-17/h3,5-7H,1,4,8-12H2,2H3,(H,18,22). The average Bonchev–Trinajstić information content (AvgIpc) is 3.05. The number of benzene rings is 1. The second-order valence-corrected chi connectivity index (χ2v) is 6.49. The summed E-state index contributed by atoms with van der Waals surface area (Å²) in [4.78, 5) is 20.8. The number of aromatic nitrogens is 1. The minimum absolute atomic E-state index is 0.0301. The summed E-state index contributed by atoms with van der Waals surface area (Å²) in [5.74, 6) is 0.833. The van der Waals surface area contributed by atoms with E-state index < -0.39 is 0 Å². The highest BCUT2D eigenvalue weighted by Gasteiger charge is 2.23. The Bertz CT molecular complexity index is 722. The lowest BCUT2D eigenvalue weighted by Gasteiger charge is -2.34. The van der Waals surface area contributed by atoms with Gasteiger partial charge in [-0.15, -0.1) is 6.58 Å². The molecule has 2 amide bonds. The molecule has 0 bridgehead atoms. The largest absolute Gasteiger partial charge is 0.492 e. The van der Waals surface area contributed by atoms with Crippen molar-refractivity contribution in [1.29, 1.82) is 0 Å². The zero-order chi connectivity index (χ0) is 16.9. The van der Waals surface area contributed by atoms with E-state index >= 15 is 0 Å². The Hall–Kier alpha value is -2.28. The molecule has 3 rings (SSSR count). The molecule has 1 aliphatic rings. The molecule has 1 aromatic heterocycles. The predicted octanol–water partition coefficient (Wildman–Crippen LogP) is 2.71. The number of amides is 2. The zero-order valence-corrected chi connectivity index (χ0v) is 14.6. The Kier molecular flexibility index (Phi) is 5.20. The highest BCUT2D eigenvalue weighted by atomic mass is 32.1. The fourth-order valence-electron chi connectivity index (χ4n) is 2.69. The smallest absolute Gasteiger partial charge is 0.317 e. The minimum Gasteiger partial charge on any atom is -0.492 e. The topological polar surface area (TPSA) is 57.7 Å². The highest BCUT2D eigenvalue weighted by Crippen LogP contribution is 2.34. The quantitative estimate of drug-likeness (QED) is 0.846. The van der Waals surface area contributed by atoms with Gasteiger partial charge in [0, 0.05) is 32.7 Å². The van der Waals surface area contributed by atoms with Crippen molar-refractivity contribution in [3.05, 3.63) is 30.9 Å². The molecule has 128 valence electrons. The Morgan fingerprint density at radius 3 is 2.92 bits per heavy atom. The van der Waals surface area contributed by atoms with Crippen LogP contribution in [-0.2, 0) is 0 Å². The van der Waals surface area contributed by atoms with Gasteiger partial charge in [-0.2, -0.15) is 0 Å². The molecule has 2 aromatic rings. The SMILES string of the molecule is C=CCNC(=O)N1CCN(c2nc3c(OCC)cccc3s2)CC1. The molecule has 0 aliphatic carbocycles. The van der Waals surface area contributed by atoms with E-state index in [9.17, 15) is 4.79 Å². The van der Waals surface area contributed by atoms with Gasteiger partial charge in [0.05, 0.1) is 11.3 Å². The van der Waals surface area contributed by atoms with Gasteiger partial charge < -0.3 is 19.9 Å². The number of nitrogens with one attached hydrogen (secondary N) is 1. The van der Waals surface area contributed by atoms with Crippen molar-refractivity contribution in [2.75, 3.05) is 44.2 Å². The summed E-state index contributed by atoms with van der Waals surface area (Å²) in [6, 6.07) is 5.99. The lowest BCUT2D eigenvalue weighted by Crippen LogP contribution is -2.51. The predicted molar refractivity (Wildman–Crippen MR) is 98.2 cm³/mol. The summed E-state index contributed by atoms with van der Waals surface area (Å²) < 4.78 is 6.79. The number of para-hydroxylation sites is 1. The van der Waals surface area contributed by atoms with E-state index in [0.717, 1.165) is 34.2 Å². The number of nitrogens with zero attached hydrogens (tertiary/aromatic N) is 3. The summed E-state index contributed by atoms with van der Waals surface area (Å²) in [5, 5.41) is 3.81. The number of rotatable bonds is 5. The molecule has 0 atom stereocenters. The molecule has 6 nitrogen and oxygen atoms in total. The normalized spacial score (nSPS) is 14.7. The lowest BCUT2D eigenvalue weighted by atomic mass is 10.3. The van der Waals surface area contributed by atoms with Crippen molar-refractivity contribution in [3.8, 4) is 5.75 Å². The molecular formula is C17H22N4O2S. The van der Waals surface area contributed by atoms with Crippen LogP contribution in [0.25, 0.3) is 10.2 Å². The third-order valence-corrected chi connectivity index (χ3v) is 4.99. The van der Waals surface area contributed by atoms with Gasteiger partial charge in [-0.05, 0) is 19.1 Å². The Morgan fingerprint density at radius 1 is 1.42 bits per heavy atom. The maximum Gasteiger partial charge on any atom is 0.317 e. The lowest BCUT2D eigenvalue weighted by molar-refractivity contribution is 0.195. The fraction of sp³-hybridized carbons (Fsp3) is 0.412. The van der Waals surface area contributed by atoms with Crippen LogP contribution in [0.4, 0.5) is 9.93 Å². The number of hydrogen-bond donors (Lipinski definition) is 1. The molecule has 24 heavy (non-hydrogen) atoms. The van der Waals surface area contributed by atoms with Crippen molar-refractivity contribution >= 4 is 32.7 Å². The van der Waals surface area contributed by atoms with Crippen LogP contribution >= 0.6 is 11.3 Å². The van der Waals surface area contributed by atoms with Crippen LogP contribution in [0.2, 0.25) is 0 Å². The molecular weight excluding hydrogens is 324 g/mol. The van der Waals surface area contributed by atoms with E-state index in [1.807, 2.05) is 24.0 Å². The number of carbonyl (C=O) groups excluding carboxylic acids is 1. The first-order valence-electron chi connectivity index (χ1n) is 8.14. The first-order valence-corrected chi connectivity index (χ1v) is 8.95. The number of thiazole rings is 1. The van der Waals surface area contributed by atoms with Gasteiger partial charge >= 0.3 is 6.03 Å². The number of ether oxygens (including phenoxy) is 1. The van der Waals surface area contributed by atoms with Gasteiger partial charge in [-0.1, -0.05) is 23.5 Å². The van der Waals surface area contributed by atoms with Crippen molar-refractivity contribution < 1.29 is 9.53 Å². The average molecular weight is 346 g/mol. The van der Waals surface area contributed by atoms with Crippen molar-refractivity contribution in [2.24, 2.45) is 0 Å². The molecule has 0 unspecified atom stereocenters. The molecule has 1 aliphatic heterocycles. The van der Waals surface area contributed by atoms with Crippen LogP contribution in [-0.4, -0.2) is 55.2 Å². The number of piperazine rings is 1. The van der Waals surface area contributed by atoms with Gasteiger partial charge in [-0.3, -0.25) is 0 Å². The Balaban J connectivity index is 1.68. The maximum atomic E-state index is 12.0. The van der Waals surface area contributed by atoms with Crippen molar-refractivity contribution in [3.63, 3.8) is 0 Å². The van der Waals surface area contributed by atoms with Gasteiger partial charge in [0.15, 0.2) is 5.13 Å². The fourth-order valence-corrected chi connectivity index (χ4v) is 3.73. The third kappa shape index (κ3) is 3.46. The summed E-state index contributed by atoms with van der Waals surface area (Å²) in [6.07, 6.45) is 1.69. The molecule has 7 heteroatoms. The summed E-state index contributed by atoms with van der Waals surface area (Å²) in [6.45, 7) is 9.66. The Labute approximate surface area is 145 Å². The number of fused-ring (bicyclic) bond motifs is 1. The third-order valence-electron chi connectivity index (χ3n) is 3.91. The second kappa shape index (κ2) is 7.53. The van der Waals surface area contributed by atoms with E-state index in [0.29, 0.717) is 26.2 Å². The number of carbonyl (C=O) groups is 1. The molecule has 1 saturated heterocycles. The summed E-state index contributed by atoms with van der Waals surface area (Å²) in [7, 11) is 0. The second-order valence-electron chi connectivity index (χ2n) is 5.48. The molecule has 1 N–H and O–H groups in total. The van der Waals surface area contributed by atoms with Gasteiger partial charge in [0.1, 0.15) is 11.3 Å².